The van der Waals surface area contributed by atoms with Gasteiger partial charge in [-0.1, -0.05) is 17.4 Å². The number of benzene rings is 2. The van der Waals surface area contributed by atoms with Gasteiger partial charge in [0, 0.05) is 25.6 Å². The number of hydrogen-bond donors (Lipinski definition) is 0. The average Bonchev–Trinajstić information content (AvgIpc) is 3.46. The van der Waals surface area contributed by atoms with Crippen LogP contribution in [0.15, 0.2) is 42.7 Å². The van der Waals surface area contributed by atoms with Crippen LogP contribution in [0.5, 0.6) is 0 Å². The number of carbonyl (C=O) groups is 1. The summed E-state index contributed by atoms with van der Waals surface area (Å²) in [6, 6.07) is 7.86. The Morgan fingerprint density at radius 3 is 2.76 bits per heavy atom. The zero-order valence-electron chi connectivity index (χ0n) is 17.8. The molecule has 33 heavy (non-hydrogen) atoms. The minimum atomic E-state index is -0.542. The smallest absolute Gasteiger partial charge is 0.259 e. The van der Waals surface area contributed by atoms with Crippen molar-refractivity contribution in [2.24, 2.45) is 5.92 Å². The summed E-state index contributed by atoms with van der Waals surface area (Å²) in [6.07, 6.45) is 3.91. The molecule has 2 atom stereocenters. The Kier molecular flexibility index (Phi) is 4.65. The standard InChI is InChI=1S/C23H20F2N6OS/c1-13-2-5-17(31-26-7-8-27-31)20(21(13)25)22(32)30-11-14-6-9-29(12-18(14)30)23-28-16-4-3-15(24)10-19(16)33-23/h2-5,7-8,10,14,18H,6,9,11-12H2,1H3/t14-,18-/m0/s1. The summed E-state index contributed by atoms with van der Waals surface area (Å²) in [7, 11) is 0. The molecule has 168 valence electrons. The van der Waals surface area contributed by atoms with Crippen LogP contribution in [0.4, 0.5) is 13.9 Å². The number of hydrogen-bond acceptors (Lipinski definition) is 6. The van der Waals surface area contributed by atoms with Gasteiger partial charge >= 0.3 is 0 Å². The van der Waals surface area contributed by atoms with E-state index >= 15 is 4.39 Å². The number of anilines is 1. The molecule has 2 fully saturated rings. The summed E-state index contributed by atoms with van der Waals surface area (Å²) >= 11 is 1.45. The van der Waals surface area contributed by atoms with E-state index in [1.165, 1.54) is 40.7 Å². The fourth-order valence-corrected chi connectivity index (χ4v) is 5.77. The number of likely N-dealkylation sites (tertiary alicyclic amines) is 1. The molecule has 6 rings (SSSR count). The molecule has 0 bridgehead atoms. The largest absolute Gasteiger partial charge is 0.346 e. The van der Waals surface area contributed by atoms with Gasteiger partial charge in [-0.3, -0.25) is 4.79 Å². The Morgan fingerprint density at radius 2 is 1.94 bits per heavy atom. The molecular weight excluding hydrogens is 446 g/mol. The maximum atomic E-state index is 15.2. The van der Waals surface area contributed by atoms with Crippen molar-refractivity contribution in [3.8, 4) is 5.69 Å². The van der Waals surface area contributed by atoms with Gasteiger partial charge in [0.1, 0.15) is 22.9 Å². The van der Waals surface area contributed by atoms with Gasteiger partial charge in [0.15, 0.2) is 5.13 Å². The van der Waals surface area contributed by atoms with E-state index in [1.807, 2.05) is 0 Å². The summed E-state index contributed by atoms with van der Waals surface area (Å²) < 4.78 is 29.6. The van der Waals surface area contributed by atoms with E-state index in [4.69, 9.17) is 0 Å². The third-order valence-electron chi connectivity index (χ3n) is 6.58. The first-order chi connectivity index (χ1) is 16.0. The lowest BCUT2D eigenvalue weighted by Gasteiger charge is -2.53. The number of fused-ring (bicyclic) bond motifs is 2. The molecule has 2 saturated heterocycles. The molecule has 4 aromatic rings. The lowest BCUT2D eigenvalue weighted by atomic mass is 9.81. The number of rotatable bonds is 3. The van der Waals surface area contributed by atoms with Crippen molar-refractivity contribution in [3.05, 3.63) is 65.5 Å². The van der Waals surface area contributed by atoms with Crippen LogP contribution in [0.2, 0.25) is 0 Å². The van der Waals surface area contributed by atoms with Crippen LogP contribution in [-0.4, -0.2) is 56.5 Å². The second-order valence-electron chi connectivity index (χ2n) is 8.54. The normalized spacial score (nSPS) is 20.1. The molecule has 0 unspecified atom stereocenters. The van der Waals surface area contributed by atoms with Crippen molar-refractivity contribution in [2.45, 2.75) is 19.4 Å². The highest BCUT2D eigenvalue weighted by molar-refractivity contribution is 7.22. The number of aryl methyl sites for hydroxylation is 1. The van der Waals surface area contributed by atoms with Crippen LogP contribution < -0.4 is 4.90 Å². The van der Waals surface area contributed by atoms with Crippen LogP contribution in [0, 0.1) is 24.5 Å². The third kappa shape index (κ3) is 3.28. The van der Waals surface area contributed by atoms with Crippen molar-refractivity contribution < 1.29 is 13.6 Å². The molecule has 2 aliphatic rings. The van der Waals surface area contributed by atoms with E-state index in [-0.39, 0.29) is 23.3 Å². The molecule has 0 radical (unpaired) electrons. The Morgan fingerprint density at radius 1 is 1.12 bits per heavy atom. The summed E-state index contributed by atoms with van der Waals surface area (Å²) in [5.74, 6) is -0.803. The first-order valence-corrected chi connectivity index (χ1v) is 11.6. The topological polar surface area (TPSA) is 67.2 Å². The molecule has 7 nitrogen and oxygen atoms in total. The Bertz CT molecular complexity index is 1370. The minimum absolute atomic E-state index is 0.00256. The maximum Gasteiger partial charge on any atom is 0.259 e. The Balaban J connectivity index is 1.29. The predicted molar refractivity (Wildman–Crippen MR) is 121 cm³/mol. The maximum absolute atomic E-state index is 15.2. The molecule has 1 amide bonds. The second kappa shape index (κ2) is 7.58. The van der Waals surface area contributed by atoms with E-state index in [9.17, 15) is 9.18 Å². The number of nitrogens with zero attached hydrogens (tertiary/aromatic N) is 6. The van der Waals surface area contributed by atoms with E-state index in [1.54, 1.807) is 30.0 Å². The summed E-state index contributed by atoms with van der Waals surface area (Å²) in [5.41, 5.74) is 1.49. The number of carbonyl (C=O) groups excluding carboxylic acids is 1. The van der Waals surface area contributed by atoms with Crippen molar-refractivity contribution in [1.29, 1.82) is 0 Å². The minimum Gasteiger partial charge on any atom is -0.346 e. The number of amides is 1. The number of thiazole rings is 1. The first kappa shape index (κ1) is 20.2. The molecule has 0 aliphatic carbocycles. The highest BCUT2D eigenvalue weighted by Gasteiger charge is 2.46. The van der Waals surface area contributed by atoms with Crippen molar-refractivity contribution >= 4 is 32.6 Å². The van der Waals surface area contributed by atoms with E-state index in [0.29, 0.717) is 30.3 Å². The molecule has 2 aromatic carbocycles. The fraction of sp³-hybridized carbons (Fsp3) is 0.304. The average molecular weight is 467 g/mol. The zero-order chi connectivity index (χ0) is 22.7. The molecule has 0 spiro atoms. The lowest BCUT2D eigenvalue weighted by molar-refractivity contribution is 0.00750. The predicted octanol–water partition coefficient (Wildman–Crippen LogP) is 3.81. The molecule has 0 N–H and O–H groups in total. The molecule has 4 heterocycles. The third-order valence-corrected chi connectivity index (χ3v) is 7.66. The highest BCUT2D eigenvalue weighted by Crippen LogP contribution is 2.38. The molecule has 10 heteroatoms. The van der Waals surface area contributed by atoms with Crippen molar-refractivity contribution in [1.82, 2.24) is 24.9 Å². The molecular formula is C23H20F2N6OS. The van der Waals surface area contributed by atoms with Crippen molar-refractivity contribution in [3.63, 3.8) is 0 Å². The molecule has 2 aliphatic heterocycles. The van der Waals surface area contributed by atoms with Gasteiger partial charge in [-0.15, -0.1) is 0 Å². The van der Waals surface area contributed by atoms with Gasteiger partial charge in [-0.2, -0.15) is 15.0 Å². The van der Waals surface area contributed by atoms with Crippen LogP contribution in [0.3, 0.4) is 0 Å². The number of piperidine rings is 1. The lowest BCUT2D eigenvalue weighted by Crippen LogP contribution is -2.66. The quantitative estimate of drug-likeness (QED) is 0.459. The van der Waals surface area contributed by atoms with E-state index in [0.717, 1.165) is 28.3 Å². The Labute approximate surface area is 192 Å². The van der Waals surface area contributed by atoms with E-state index < -0.39 is 5.82 Å². The number of halogens is 2. The first-order valence-electron chi connectivity index (χ1n) is 10.8. The van der Waals surface area contributed by atoms with Crippen LogP contribution >= 0.6 is 11.3 Å². The zero-order valence-corrected chi connectivity index (χ0v) is 18.6. The summed E-state index contributed by atoms with van der Waals surface area (Å²) in [5, 5.41) is 9.00. The highest BCUT2D eigenvalue weighted by atomic mass is 32.1. The second-order valence-corrected chi connectivity index (χ2v) is 9.55. The van der Waals surface area contributed by atoms with Gasteiger partial charge < -0.3 is 9.80 Å². The fourth-order valence-electron chi connectivity index (χ4n) is 4.75. The molecule has 2 aromatic heterocycles. The molecule has 0 saturated carbocycles. The summed E-state index contributed by atoms with van der Waals surface area (Å²) in [6.45, 7) is 3.68. The van der Waals surface area contributed by atoms with Crippen LogP contribution in [0.25, 0.3) is 15.9 Å². The van der Waals surface area contributed by atoms with Crippen LogP contribution in [-0.2, 0) is 0 Å². The van der Waals surface area contributed by atoms with Gasteiger partial charge in [-0.05, 0) is 43.2 Å². The van der Waals surface area contributed by atoms with Gasteiger partial charge in [0.2, 0.25) is 0 Å². The summed E-state index contributed by atoms with van der Waals surface area (Å²) in [4.78, 5) is 23.4. The van der Waals surface area contributed by atoms with Gasteiger partial charge in [0.05, 0.1) is 28.7 Å². The van der Waals surface area contributed by atoms with Crippen molar-refractivity contribution in [2.75, 3.05) is 24.5 Å². The number of aromatic nitrogens is 4. The van der Waals surface area contributed by atoms with Gasteiger partial charge in [0.25, 0.3) is 5.91 Å². The van der Waals surface area contributed by atoms with Gasteiger partial charge in [-0.25, -0.2) is 13.8 Å². The van der Waals surface area contributed by atoms with E-state index in [2.05, 4.69) is 20.1 Å². The van der Waals surface area contributed by atoms with Crippen LogP contribution in [0.1, 0.15) is 22.3 Å². The monoisotopic (exact) mass is 466 g/mol. The SMILES string of the molecule is Cc1ccc(-n2nccn2)c(C(=O)N2C[C@@H]3CCN(c4nc5ccc(F)cc5s4)C[C@@H]32)c1F. The Hall–Kier alpha value is -3.40.